The van der Waals surface area contributed by atoms with Crippen LogP contribution in [0.15, 0.2) is 5.16 Å². The summed E-state index contributed by atoms with van der Waals surface area (Å²) in [7, 11) is -1.77. The number of carbonyl (C=O) groups excluding carboxylic acids is 1. The number of aromatic nitrogens is 2. The van der Waals surface area contributed by atoms with Crippen molar-refractivity contribution < 1.29 is 18.4 Å². The van der Waals surface area contributed by atoms with E-state index in [0.29, 0.717) is 43.5 Å². The number of oxime groups is 1. The van der Waals surface area contributed by atoms with E-state index in [9.17, 15) is 13.2 Å². The zero-order valence-corrected chi connectivity index (χ0v) is 17.6. The fourth-order valence-corrected chi connectivity index (χ4v) is 6.38. The van der Waals surface area contributed by atoms with Crippen LogP contribution in [0.1, 0.15) is 61.8 Å². The lowest BCUT2D eigenvalue weighted by Gasteiger charge is -2.35. The summed E-state index contributed by atoms with van der Waals surface area (Å²) in [5.41, 5.74) is 1.27. The molecule has 3 rings (SSSR count). The van der Waals surface area contributed by atoms with Crippen LogP contribution < -0.4 is 0 Å². The molecule has 0 radical (unpaired) electrons. The fourth-order valence-electron chi connectivity index (χ4n) is 3.71. The Balaban J connectivity index is 1.90. The molecule has 2 aliphatic rings. The van der Waals surface area contributed by atoms with Gasteiger partial charge in [0.15, 0.2) is 15.0 Å². The molecule has 150 valence electrons. The van der Waals surface area contributed by atoms with Crippen molar-refractivity contribution in [3.05, 3.63) is 17.0 Å². The molecule has 8 nitrogen and oxygen atoms in total. The molecule has 1 N–H and O–H groups in total. The predicted octanol–water partition coefficient (Wildman–Crippen LogP) is 1.93. The first-order valence-corrected chi connectivity index (χ1v) is 10.8. The summed E-state index contributed by atoms with van der Waals surface area (Å²) in [5.74, 6) is -0.268. The first-order valence-electron chi connectivity index (χ1n) is 8.98. The van der Waals surface area contributed by atoms with Gasteiger partial charge in [-0.3, -0.25) is 9.48 Å². The van der Waals surface area contributed by atoms with E-state index in [0.717, 1.165) is 0 Å². The number of fused-ring (bicyclic) bond motifs is 1. The number of amides is 1. The number of hydrogen-bond acceptors (Lipinski definition) is 6. The van der Waals surface area contributed by atoms with Gasteiger partial charge in [-0.25, -0.2) is 8.42 Å². The first-order chi connectivity index (χ1) is 12.5. The van der Waals surface area contributed by atoms with Crippen molar-refractivity contribution in [2.45, 2.75) is 55.9 Å². The molecule has 0 spiro atoms. The Bertz CT molecular complexity index is 916. The second kappa shape index (κ2) is 6.48. The van der Waals surface area contributed by atoms with E-state index in [1.54, 1.807) is 25.8 Å². The lowest BCUT2D eigenvalue weighted by atomic mass is 10.0. The van der Waals surface area contributed by atoms with E-state index in [-0.39, 0.29) is 23.3 Å². The normalized spacial score (nSPS) is 20.0. The highest BCUT2D eigenvalue weighted by Crippen LogP contribution is 2.50. The minimum Gasteiger partial charge on any atom is -0.410 e. The number of aryl methyl sites for hydroxylation is 1. The van der Waals surface area contributed by atoms with Gasteiger partial charge in [0.2, 0.25) is 0 Å². The number of halogens is 1. The number of hydrogen-bond donors (Lipinski definition) is 1. The van der Waals surface area contributed by atoms with Crippen molar-refractivity contribution >= 4 is 32.5 Å². The molecule has 10 heteroatoms. The molecule has 2 heterocycles. The van der Waals surface area contributed by atoms with Crippen LogP contribution in [0.5, 0.6) is 0 Å². The van der Waals surface area contributed by atoms with Crippen molar-refractivity contribution in [3.63, 3.8) is 0 Å². The predicted molar refractivity (Wildman–Crippen MR) is 102 cm³/mol. The summed E-state index contributed by atoms with van der Waals surface area (Å²) in [6.45, 7) is 5.95. The molecule has 0 atom stereocenters. The van der Waals surface area contributed by atoms with Crippen LogP contribution in [0.2, 0.25) is 0 Å². The van der Waals surface area contributed by atoms with E-state index in [2.05, 4.69) is 10.3 Å². The van der Waals surface area contributed by atoms with Crippen LogP contribution in [0.4, 0.5) is 0 Å². The summed E-state index contributed by atoms with van der Waals surface area (Å²) in [4.78, 5) is 14.6. The molecule has 1 aliphatic heterocycles. The standard InChI is InChI=1S/C17H25ClN4O4S/c1-5-16(2,3)27(25,26)17(7-8-17)10-22-9-6-11-12(14(18)20-24)19-21(4)13(11)15(22)23/h24H,5-10H2,1-4H3/b20-14-. The minimum absolute atomic E-state index is 0.168. The van der Waals surface area contributed by atoms with Crippen LogP contribution >= 0.6 is 11.6 Å². The Kier molecular flexibility index (Phi) is 4.83. The number of nitrogens with zero attached hydrogens (tertiary/aromatic N) is 4. The van der Waals surface area contributed by atoms with Crippen molar-refractivity contribution in [2.75, 3.05) is 13.1 Å². The molecule has 0 saturated heterocycles. The molecular formula is C17H25ClN4O4S. The zero-order valence-electron chi connectivity index (χ0n) is 16.0. The van der Waals surface area contributed by atoms with E-state index >= 15 is 0 Å². The van der Waals surface area contributed by atoms with Crippen molar-refractivity contribution in [1.82, 2.24) is 14.7 Å². The Hall–Kier alpha value is -1.61. The van der Waals surface area contributed by atoms with E-state index in [1.807, 2.05) is 6.92 Å². The van der Waals surface area contributed by atoms with Crippen LogP contribution in [0.3, 0.4) is 0 Å². The van der Waals surface area contributed by atoms with Crippen LogP contribution in [-0.4, -0.2) is 62.0 Å². The Morgan fingerprint density at radius 2 is 2.04 bits per heavy atom. The quantitative estimate of drug-likeness (QED) is 0.433. The smallest absolute Gasteiger partial charge is 0.272 e. The maximum Gasteiger partial charge on any atom is 0.272 e. The molecule has 1 aliphatic carbocycles. The average Bonchev–Trinajstić information content (AvgIpc) is 3.34. The van der Waals surface area contributed by atoms with Crippen LogP contribution in [0, 0.1) is 0 Å². The third-order valence-corrected chi connectivity index (χ3v) is 9.66. The van der Waals surface area contributed by atoms with Gasteiger partial charge >= 0.3 is 0 Å². The van der Waals surface area contributed by atoms with Crippen molar-refractivity contribution in [2.24, 2.45) is 12.2 Å². The second-order valence-electron chi connectivity index (χ2n) is 7.97. The number of rotatable bonds is 6. The first kappa shape index (κ1) is 20.1. The maximum atomic E-state index is 13.2. The monoisotopic (exact) mass is 416 g/mol. The van der Waals surface area contributed by atoms with E-state index in [1.165, 1.54) is 4.68 Å². The van der Waals surface area contributed by atoms with E-state index in [4.69, 9.17) is 16.8 Å². The van der Waals surface area contributed by atoms with Crippen LogP contribution in [-0.2, 0) is 23.3 Å². The Morgan fingerprint density at radius 3 is 2.56 bits per heavy atom. The highest BCUT2D eigenvalue weighted by atomic mass is 35.5. The van der Waals surface area contributed by atoms with Gasteiger partial charge in [-0.2, -0.15) is 5.10 Å². The van der Waals surface area contributed by atoms with Gasteiger partial charge in [0.25, 0.3) is 5.91 Å². The van der Waals surface area contributed by atoms with Crippen molar-refractivity contribution in [1.29, 1.82) is 0 Å². The topological polar surface area (TPSA) is 105 Å². The largest absolute Gasteiger partial charge is 0.410 e. The lowest BCUT2D eigenvalue weighted by Crippen LogP contribution is -2.50. The summed E-state index contributed by atoms with van der Waals surface area (Å²) in [5, 5.41) is 15.9. The molecule has 1 amide bonds. The zero-order chi connectivity index (χ0) is 20.2. The lowest BCUT2D eigenvalue weighted by molar-refractivity contribution is 0.0724. The van der Waals surface area contributed by atoms with Gasteiger partial charge in [0, 0.05) is 25.7 Å². The summed E-state index contributed by atoms with van der Waals surface area (Å²) in [6, 6.07) is 0. The third-order valence-electron chi connectivity index (χ3n) is 5.99. The molecule has 0 aromatic carbocycles. The molecule has 1 aromatic rings. The van der Waals surface area contributed by atoms with Gasteiger partial charge in [-0.1, -0.05) is 23.7 Å². The minimum atomic E-state index is -3.39. The summed E-state index contributed by atoms with van der Waals surface area (Å²) < 4.78 is 26.1. The second-order valence-corrected chi connectivity index (χ2v) is 11.3. The molecule has 1 aromatic heterocycles. The maximum absolute atomic E-state index is 13.2. The van der Waals surface area contributed by atoms with E-state index < -0.39 is 19.3 Å². The highest BCUT2D eigenvalue weighted by Gasteiger charge is 2.60. The van der Waals surface area contributed by atoms with Crippen LogP contribution in [0.25, 0.3) is 0 Å². The van der Waals surface area contributed by atoms with Crippen molar-refractivity contribution in [3.8, 4) is 0 Å². The van der Waals surface area contributed by atoms with Gasteiger partial charge in [-0.15, -0.1) is 0 Å². The SMILES string of the molecule is CCC(C)(C)S(=O)(=O)C1(CN2CCc3c(/C(Cl)=N/O)nn(C)c3C2=O)CC1. The van der Waals surface area contributed by atoms with Gasteiger partial charge in [0.1, 0.15) is 11.4 Å². The van der Waals surface area contributed by atoms with Gasteiger partial charge in [-0.05, 0) is 39.5 Å². The fraction of sp³-hybridized carbons (Fsp3) is 0.706. The van der Waals surface area contributed by atoms with Gasteiger partial charge < -0.3 is 10.1 Å². The number of carbonyl (C=O) groups is 1. The summed E-state index contributed by atoms with van der Waals surface area (Å²) in [6.07, 6.45) is 2.16. The molecule has 0 unspecified atom stereocenters. The third kappa shape index (κ3) is 2.95. The Labute approximate surface area is 164 Å². The van der Waals surface area contributed by atoms with Gasteiger partial charge in [0.05, 0.1) is 9.49 Å². The molecule has 1 saturated carbocycles. The average molecular weight is 417 g/mol. The Morgan fingerprint density at radius 1 is 1.41 bits per heavy atom. The molecule has 0 bridgehead atoms. The molecule has 27 heavy (non-hydrogen) atoms. The molecule has 1 fully saturated rings. The summed E-state index contributed by atoms with van der Waals surface area (Å²) >= 11 is 5.89. The highest BCUT2D eigenvalue weighted by molar-refractivity contribution is 7.94. The number of sulfone groups is 1. The molecular weight excluding hydrogens is 392 g/mol.